The summed E-state index contributed by atoms with van der Waals surface area (Å²) in [6.45, 7) is 5.47. The van der Waals surface area contributed by atoms with E-state index in [1.807, 2.05) is 6.20 Å². The van der Waals surface area contributed by atoms with Crippen LogP contribution in [0.25, 0.3) is 11.3 Å². The van der Waals surface area contributed by atoms with Crippen molar-refractivity contribution in [3.63, 3.8) is 0 Å². The quantitative estimate of drug-likeness (QED) is 0.246. The molecule has 0 spiro atoms. The van der Waals surface area contributed by atoms with Crippen molar-refractivity contribution >= 4 is 0 Å². The lowest BCUT2D eigenvalue weighted by atomic mass is 9.89. The number of halogens is 2. The van der Waals surface area contributed by atoms with Gasteiger partial charge in [0, 0.05) is 19.8 Å². The number of hydrogen-bond acceptors (Lipinski definition) is 9. The molecule has 3 aromatic rings. The molecule has 238 valence electrons. The predicted octanol–water partition coefficient (Wildman–Crippen LogP) is 4.11. The average molecular weight is 607 g/mol. The molecule has 0 amide bonds. The zero-order chi connectivity index (χ0) is 31.1. The van der Waals surface area contributed by atoms with Crippen LogP contribution >= 0.6 is 0 Å². The Balaban J connectivity index is 1.57. The topological polar surface area (TPSA) is 130 Å². The summed E-state index contributed by atoms with van der Waals surface area (Å²) >= 11 is 0. The zero-order valence-corrected chi connectivity index (χ0v) is 25.6. The maximum absolute atomic E-state index is 14.7. The number of aryl methyl sites for hydroxylation is 1. The number of nitrogens with zero attached hydrogens (tertiary/aromatic N) is 6. The lowest BCUT2D eigenvalue weighted by molar-refractivity contribution is -0.216. The number of aliphatic hydroxyl groups is 2. The Kier molecular flexibility index (Phi) is 11.3. The van der Waals surface area contributed by atoms with Crippen LogP contribution in [0.1, 0.15) is 76.1 Å². The molecule has 1 aliphatic rings. The van der Waals surface area contributed by atoms with E-state index in [1.54, 1.807) is 11.8 Å². The van der Waals surface area contributed by atoms with Gasteiger partial charge in [0.1, 0.15) is 47.4 Å². The third-order valence-corrected chi connectivity index (χ3v) is 8.62. The average Bonchev–Trinajstić information content (AvgIpc) is 3.69. The molecule has 43 heavy (non-hydrogen) atoms. The second kappa shape index (κ2) is 14.8. The fourth-order valence-corrected chi connectivity index (χ4v) is 5.93. The monoisotopic (exact) mass is 606 g/mol. The van der Waals surface area contributed by atoms with Crippen molar-refractivity contribution in [1.29, 1.82) is 0 Å². The molecule has 13 heteroatoms. The molecular formula is C30H44F2N6O5. The zero-order valence-electron chi connectivity index (χ0n) is 25.6. The van der Waals surface area contributed by atoms with Gasteiger partial charge in [-0.15, -0.1) is 10.2 Å². The molecule has 0 saturated carbocycles. The fraction of sp³-hybridized carbons (Fsp3) is 0.667. The van der Waals surface area contributed by atoms with Gasteiger partial charge in [-0.2, -0.15) is 0 Å². The number of methoxy groups -OCH3 is 2. The maximum Gasteiger partial charge on any atom is 0.168 e. The molecule has 2 N–H and O–H groups in total. The first-order valence-electron chi connectivity index (χ1n) is 15.0. The number of unbranched alkanes of at least 4 members (excludes halogenated alkanes) is 4. The summed E-state index contributed by atoms with van der Waals surface area (Å²) in [7, 11) is 3.17. The molecule has 1 unspecified atom stereocenters. The van der Waals surface area contributed by atoms with Crippen LogP contribution in [-0.2, 0) is 26.4 Å². The summed E-state index contributed by atoms with van der Waals surface area (Å²) in [4.78, 5) is 0. The van der Waals surface area contributed by atoms with Crippen LogP contribution < -0.4 is 0 Å². The van der Waals surface area contributed by atoms with Gasteiger partial charge in [-0.1, -0.05) is 62.4 Å². The smallest absolute Gasteiger partial charge is 0.168 e. The highest BCUT2D eigenvalue weighted by atomic mass is 19.2. The van der Waals surface area contributed by atoms with Gasteiger partial charge >= 0.3 is 0 Å². The number of aromatic nitrogens is 6. The molecule has 6 atom stereocenters. The second-order valence-corrected chi connectivity index (χ2v) is 11.3. The van der Waals surface area contributed by atoms with Gasteiger partial charge in [0.05, 0.1) is 25.5 Å². The normalized spacial score (nSPS) is 23.9. The van der Waals surface area contributed by atoms with E-state index in [0.29, 0.717) is 0 Å². The highest BCUT2D eigenvalue weighted by Crippen LogP contribution is 2.36. The van der Waals surface area contributed by atoms with Crippen molar-refractivity contribution in [2.24, 2.45) is 0 Å². The summed E-state index contributed by atoms with van der Waals surface area (Å²) < 4.78 is 49.8. The Hall–Kier alpha value is -2.84. The van der Waals surface area contributed by atoms with E-state index in [2.05, 4.69) is 34.5 Å². The third kappa shape index (κ3) is 6.96. The van der Waals surface area contributed by atoms with Gasteiger partial charge in [0.15, 0.2) is 11.6 Å². The Morgan fingerprint density at radius 2 is 1.77 bits per heavy atom. The number of rotatable bonds is 15. The predicted molar refractivity (Wildman–Crippen MR) is 154 cm³/mol. The highest BCUT2D eigenvalue weighted by Gasteiger charge is 2.47. The molecule has 3 heterocycles. The second-order valence-electron chi connectivity index (χ2n) is 11.3. The van der Waals surface area contributed by atoms with Crippen LogP contribution in [0.3, 0.4) is 0 Å². The standard InChI is InChI=1S/C30H44F2N6O5/c1-6-8-9-10-11-14-30(7-2,42-5)24-17-37(35-34-24)16-22-29(41-4)27(28(40)23(18-39)43-22)38-15-21(33-36-38)20-13-12-19(3)25(31)26(20)32/h12-13,15,17,22-23,27-29,39-40H,6-11,14,16,18H2,1-5H3/t22-,23-,27+,28+,29+,30?/m1/s1. The van der Waals surface area contributed by atoms with E-state index in [1.165, 1.54) is 56.3 Å². The van der Waals surface area contributed by atoms with Crippen molar-refractivity contribution in [3.8, 4) is 11.3 Å². The van der Waals surface area contributed by atoms with Crippen LogP contribution in [0.5, 0.6) is 0 Å². The van der Waals surface area contributed by atoms with Crippen molar-refractivity contribution in [1.82, 2.24) is 30.0 Å². The summed E-state index contributed by atoms with van der Waals surface area (Å²) in [5.41, 5.74) is 0.367. The summed E-state index contributed by atoms with van der Waals surface area (Å²) in [6, 6.07) is 2.03. The molecule has 1 aliphatic heterocycles. The van der Waals surface area contributed by atoms with E-state index < -0.39 is 54.3 Å². The van der Waals surface area contributed by atoms with Gasteiger partial charge in [-0.05, 0) is 31.4 Å². The molecule has 1 saturated heterocycles. The minimum absolute atomic E-state index is 0.0572. The first-order chi connectivity index (χ1) is 20.7. The SMILES string of the molecule is CCCCCCCC(CC)(OC)c1cn(C[C@H]2O[C@H](CO)[C@H](O)[C@H](n3cc(-c4ccc(C)c(F)c4F)nn3)[C@H]2OC)nn1. The summed E-state index contributed by atoms with van der Waals surface area (Å²) in [5, 5.41) is 38.2. The maximum atomic E-state index is 14.7. The molecule has 1 aromatic carbocycles. The van der Waals surface area contributed by atoms with Crippen LogP contribution in [-0.4, -0.2) is 85.4 Å². The number of hydrogen-bond donors (Lipinski definition) is 2. The Labute approximate surface area is 251 Å². The van der Waals surface area contributed by atoms with E-state index >= 15 is 0 Å². The number of benzene rings is 1. The van der Waals surface area contributed by atoms with Crippen LogP contribution in [0.4, 0.5) is 8.78 Å². The van der Waals surface area contributed by atoms with E-state index in [4.69, 9.17) is 14.2 Å². The minimum atomic E-state index is -1.24. The van der Waals surface area contributed by atoms with Gasteiger partial charge in [-0.25, -0.2) is 18.1 Å². The highest BCUT2D eigenvalue weighted by molar-refractivity contribution is 5.59. The lowest BCUT2D eigenvalue weighted by Gasteiger charge is -2.43. The Bertz CT molecular complexity index is 1320. The number of aliphatic hydroxyl groups excluding tert-OH is 2. The molecule has 0 bridgehead atoms. The summed E-state index contributed by atoms with van der Waals surface area (Å²) in [5.74, 6) is -1.99. The minimum Gasteiger partial charge on any atom is -0.394 e. The largest absolute Gasteiger partial charge is 0.394 e. The molecule has 2 aromatic heterocycles. The van der Waals surface area contributed by atoms with Crippen LogP contribution in [0, 0.1) is 18.6 Å². The number of ether oxygens (including phenoxy) is 3. The third-order valence-electron chi connectivity index (χ3n) is 8.62. The van der Waals surface area contributed by atoms with Crippen molar-refractivity contribution in [2.75, 3.05) is 20.8 Å². The van der Waals surface area contributed by atoms with Gasteiger partial charge in [0.25, 0.3) is 0 Å². The Morgan fingerprint density at radius 3 is 2.44 bits per heavy atom. The summed E-state index contributed by atoms with van der Waals surface area (Å²) in [6.07, 6.45) is 6.89. The van der Waals surface area contributed by atoms with E-state index in [0.717, 1.165) is 31.4 Å². The van der Waals surface area contributed by atoms with Crippen molar-refractivity contribution in [3.05, 3.63) is 47.4 Å². The van der Waals surface area contributed by atoms with Crippen molar-refractivity contribution in [2.45, 2.75) is 108 Å². The van der Waals surface area contributed by atoms with Gasteiger partial charge < -0.3 is 24.4 Å². The molecule has 0 radical (unpaired) electrons. The van der Waals surface area contributed by atoms with Crippen LogP contribution in [0.15, 0.2) is 24.5 Å². The Morgan fingerprint density at radius 1 is 1.00 bits per heavy atom. The molecular weight excluding hydrogens is 562 g/mol. The molecule has 1 fully saturated rings. The van der Waals surface area contributed by atoms with Crippen LogP contribution in [0.2, 0.25) is 0 Å². The van der Waals surface area contributed by atoms with Gasteiger partial charge in [-0.3, -0.25) is 0 Å². The molecule has 11 nitrogen and oxygen atoms in total. The van der Waals surface area contributed by atoms with Crippen molar-refractivity contribution < 1.29 is 33.2 Å². The lowest BCUT2D eigenvalue weighted by Crippen LogP contribution is -2.57. The first-order valence-corrected chi connectivity index (χ1v) is 15.0. The van der Waals surface area contributed by atoms with E-state index in [-0.39, 0.29) is 23.4 Å². The molecule has 4 rings (SSSR count). The molecule has 0 aliphatic carbocycles. The fourth-order valence-electron chi connectivity index (χ4n) is 5.93. The van der Waals surface area contributed by atoms with Gasteiger partial charge in [0.2, 0.25) is 0 Å². The first kappa shape index (κ1) is 33.1. The van der Waals surface area contributed by atoms with E-state index in [9.17, 15) is 19.0 Å².